The molecule has 1 fully saturated rings. The van der Waals surface area contributed by atoms with Crippen molar-refractivity contribution in [2.24, 2.45) is 11.8 Å². The van der Waals surface area contributed by atoms with Crippen LogP contribution in [0.15, 0.2) is 12.1 Å². The molecule has 0 N–H and O–H groups in total. The van der Waals surface area contributed by atoms with Crippen LogP contribution in [0.1, 0.15) is 59.2 Å². The van der Waals surface area contributed by atoms with Crippen LogP contribution >= 0.6 is 11.6 Å². The second-order valence-corrected chi connectivity index (χ2v) is 8.08. The molecule has 1 aromatic heterocycles. The SMILES string of the molecule is CC1CC(C)C(C)N(c2cc(CCl)cc(C(C)(C)C)n2)C1. The molecule has 21 heavy (non-hydrogen) atoms. The number of aromatic nitrogens is 1. The van der Waals surface area contributed by atoms with E-state index in [1.165, 1.54) is 12.0 Å². The molecule has 0 radical (unpaired) electrons. The minimum atomic E-state index is 0.0487. The van der Waals surface area contributed by atoms with Crippen molar-refractivity contribution in [1.82, 2.24) is 4.98 Å². The van der Waals surface area contributed by atoms with Gasteiger partial charge < -0.3 is 4.90 Å². The topological polar surface area (TPSA) is 16.1 Å². The summed E-state index contributed by atoms with van der Waals surface area (Å²) < 4.78 is 0. The maximum atomic E-state index is 6.11. The van der Waals surface area contributed by atoms with Gasteiger partial charge in [0.1, 0.15) is 5.82 Å². The van der Waals surface area contributed by atoms with Crippen molar-refractivity contribution < 1.29 is 0 Å². The van der Waals surface area contributed by atoms with E-state index < -0.39 is 0 Å². The number of alkyl halides is 1. The second kappa shape index (κ2) is 6.16. The number of nitrogens with zero attached hydrogens (tertiary/aromatic N) is 2. The molecule has 3 heteroatoms. The van der Waals surface area contributed by atoms with Gasteiger partial charge in [0.15, 0.2) is 0 Å². The van der Waals surface area contributed by atoms with Crippen LogP contribution in [-0.4, -0.2) is 17.6 Å². The van der Waals surface area contributed by atoms with Crippen LogP contribution < -0.4 is 4.90 Å². The van der Waals surface area contributed by atoms with E-state index in [0.717, 1.165) is 24.0 Å². The quantitative estimate of drug-likeness (QED) is 0.716. The summed E-state index contributed by atoms with van der Waals surface area (Å²) in [6.45, 7) is 14.7. The summed E-state index contributed by atoms with van der Waals surface area (Å²) in [5, 5.41) is 0. The Hall–Kier alpha value is -0.760. The molecule has 0 aromatic carbocycles. The number of piperidine rings is 1. The zero-order valence-corrected chi connectivity index (χ0v) is 15.0. The van der Waals surface area contributed by atoms with Crippen molar-refractivity contribution in [3.8, 4) is 0 Å². The second-order valence-electron chi connectivity index (χ2n) is 7.81. The van der Waals surface area contributed by atoms with Crippen LogP contribution in [0.5, 0.6) is 0 Å². The molecule has 2 rings (SSSR count). The molecular weight excluding hydrogens is 280 g/mol. The smallest absolute Gasteiger partial charge is 0.129 e. The van der Waals surface area contributed by atoms with Gasteiger partial charge in [0.25, 0.3) is 0 Å². The van der Waals surface area contributed by atoms with Crippen molar-refractivity contribution >= 4 is 17.4 Å². The monoisotopic (exact) mass is 308 g/mol. The summed E-state index contributed by atoms with van der Waals surface area (Å²) in [6.07, 6.45) is 1.30. The van der Waals surface area contributed by atoms with Crippen LogP contribution in [0.4, 0.5) is 5.82 Å². The van der Waals surface area contributed by atoms with E-state index in [4.69, 9.17) is 16.6 Å². The van der Waals surface area contributed by atoms with E-state index in [-0.39, 0.29) is 5.41 Å². The Bertz CT molecular complexity index is 492. The molecule has 118 valence electrons. The normalized spacial score (nSPS) is 27.0. The number of anilines is 1. The summed E-state index contributed by atoms with van der Waals surface area (Å²) in [4.78, 5) is 7.44. The van der Waals surface area contributed by atoms with Crippen LogP contribution in [0.2, 0.25) is 0 Å². The van der Waals surface area contributed by atoms with E-state index in [1.807, 2.05) is 0 Å². The average Bonchev–Trinajstić information content (AvgIpc) is 2.41. The van der Waals surface area contributed by atoms with Gasteiger partial charge in [-0.15, -0.1) is 11.6 Å². The van der Waals surface area contributed by atoms with E-state index >= 15 is 0 Å². The highest BCUT2D eigenvalue weighted by Gasteiger charge is 2.30. The van der Waals surface area contributed by atoms with Crippen LogP contribution in [0.25, 0.3) is 0 Å². The van der Waals surface area contributed by atoms with Gasteiger partial charge in [-0.2, -0.15) is 0 Å². The van der Waals surface area contributed by atoms with Crippen molar-refractivity contribution in [1.29, 1.82) is 0 Å². The molecule has 0 bridgehead atoms. The van der Waals surface area contributed by atoms with Crippen molar-refractivity contribution in [2.75, 3.05) is 11.4 Å². The molecule has 0 amide bonds. The lowest BCUT2D eigenvalue weighted by Gasteiger charge is -2.42. The molecule has 1 aromatic rings. The summed E-state index contributed by atoms with van der Waals surface area (Å²) in [5.41, 5.74) is 2.35. The van der Waals surface area contributed by atoms with E-state index in [2.05, 4.69) is 58.6 Å². The van der Waals surface area contributed by atoms with Crippen molar-refractivity contribution in [3.05, 3.63) is 23.4 Å². The minimum Gasteiger partial charge on any atom is -0.353 e. The molecular formula is C18H29ClN2. The van der Waals surface area contributed by atoms with E-state index in [0.29, 0.717) is 17.8 Å². The molecule has 0 aliphatic carbocycles. The Morgan fingerprint density at radius 3 is 2.48 bits per heavy atom. The van der Waals surface area contributed by atoms with Crippen LogP contribution in [0, 0.1) is 11.8 Å². The largest absolute Gasteiger partial charge is 0.353 e. The van der Waals surface area contributed by atoms with Crippen molar-refractivity contribution in [3.63, 3.8) is 0 Å². The maximum absolute atomic E-state index is 6.11. The van der Waals surface area contributed by atoms with Gasteiger partial charge in [-0.25, -0.2) is 4.98 Å². The molecule has 3 unspecified atom stereocenters. The van der Waals surface area contributed by atoms with Gasteiger partial charge in [0.05, 0.1) is 0 Å². The van der Waals surface area contributed by atoms with Crippen LogP contribution in [-0.2, 0) is 11.3 Å². The molecule has 0 spiro atoms. The maximum Gasteiger partial charge on any atom is 0.129 e. The number of halogens is 1. The fourth-order valence-corrected chi connectivity index (χ4v) is 3.35. The zero-order chi connectivity index (χ0) is 15.8. The van der Waals surface area contributed by atoms with Crippen molar-refractivity contribution in [2.45, 2.75) is 65.3 Å². The Morgan fingerprint density at radius 2 is 1.90 bits per heavy atom. The highest BCUT2D eigenvalue weighted by molar-refractivity contribution is 6.17. The fraction of sp³-hybridized carbons (Fsp3) is 0.722. The fourth-order valence-electron chi connectivity index (χ4n) is 3.20. The summed E-state index contributed by atoms with van der Waals surface area (Å²) in [7, 11) is 0. The molecule has 1 aliphatic rings. The van der Waals surface area contributed by atoms with Gasteiger partial charge in [0, 0.05) is 29.6 Å². The molecule has 3 atom stereocenters. The summed E-state index contributed by atoms with van der Waals surface area (Å²) in [6, 6.07) is 4.86. The Balaban J connectivity index is 2.42. The summed E-state index contributed by atoms with van der Waals surface area (Å²) >= 11 is 6.11. The highest BCUT2D eigenvalue weighted by atomic mass is 35.5. The van der Waals surface area contributed by atoms with Gasteiger partial charge in [-0.1, -0.05) is 34.6 Å². The Labute approximate surface area is 134 Å². The lowest BCUT2D eigenvalue weighted by molar-refractivity contribution is 0.295. The van der Waals surface area contributed by atoms with Gasteiger partial charge in [0.2, 0.25) is 0 Å². The number of rotatable bonds is 2. The third-order valence-corrected chi connectivity index (χ3v) is 4.99. The molecule has 1 saturated heterocycles. The first-order chi connectivity index (χ1) is 9.72. The third kappa shape index (κ3) is 3.71. The molecule has 1 aliphatic heterocycles. The van der Waals surface area contributed by atoms with Crippen LogP contribution in [0.3, 0.4) is 0 Å². The predicted molar refractivity (Wildman–Crippen MR) is 92.2 cm³/mol. The highest BCUT2D eigenvalue weighted by Crippen LogP contribution is 2.32. The number of hydrogen-bond acceptors (Lipinski definition) is 2. The van der Waals surface area contributed by atoms with E-state index in [9.17, 15) is 0 Å². The standard InChI is InChI=1S/C18H29ClN2/c1-12-7-13(2)14(3)21(11-12)17-9-15(10-19)8-16(20-17)18(4,5)6/h8-9,12-14H,7,10-11H2,1-6H3. The lowest BCUT2D eigenvalue weighted by atomic mass is 9.85. The third-order valence-electron chi connectivity index (χ3n) is 4.69. The van der Waals surface area contributed by atoms with Gasteiger partial charge in [-0.3, -0.25) is 0 Å². The first-order valence-electron chi connectivity index (χ1n) is 8.06. The first kappa shape index (κ1) is 16.6. The number of pyridine rings is 1. The average molecular weight is 309 g/mol. The first-order valence-corrected chi connectivity index (χ1v) is 8.60. The van der Waals surface area contributed by atoms with E-state index in [1.54, 1.807) is 0 Å². The lowest BCUT2D eigenvalue weighted by Crippen LogP contribution is -2.46. The molecule has 0 saturated carbocycles. The van der Waals surface area contributed by atoms with Gasteiger partial charge >= 0.3 is 0 Å². The molecule has 2 nitrogen and oxygen atoms in total. The summed E-state index contributed by atoms with van der Waals surface area (Å²) in [5.74, 6) is 3.07. The zero-order valence-electron chi connectivity index (χ0n) is 14.3. The Kier molecular flexibility index (Phi) is 4.87. The Morgan fingerprint density at radius 1 is 1.24 bits per heavy atom. The molecule has 2 heterocycles. The predicted octanol–water partition coefficient (Wildman–Crippen LogP) is 4.99. The van der Waals surface area contributed by atoms with Gasteiger partial charge in [-0.05, 0) is 42.9 Å². The minimum absolute atomic E-state index is 0.0487. The number of hydrogen-bond donors (Lipinski definition) is 0.